The lowest BCUT2D eigenvalue weighted by Gasteiger charge is -2.05. The van der Waals surface area contributed by atoms with Crippen molar-refractivity contribution in [3.8, 4) is 0 Å². The van der Waals surface area contributed by atoms with Gasteiger partial charge in [-0.25, -0.2) is 9.59 Å². The van der Waals surface area contributed by atoms with Gasteiger partial charge in [0, 0.05) is 18.6 Å². The third-order valence-corrected chi connectivity index (χ3v) is 4.38. The highest BCUT2D eigenvalue weighted by atomic mass is 16.5. The third-order valence-electron chi connectivity index (χ3n) is 4.38. The number of hydrogen-bond acceptors (Lipinski definition) is 3. The first-order valence-electron chi connectivity index (χ1n) is 8.10. The number of aromatic carboxylic acids is 1. The van der Waals surface area contributed by atoms with Crippen LogP contribution >= 0.6 is 0 Å². The first-order chi connectivity index (χ1) is 12.6. The summed E-state index contributed by atoms with van der Waals surface area (Å²) in [7, 11) is 1.72. The number of para-hydroxylation sites is 1. The van der Waals surface area contributed by atoms with Gasteiger partial charge in [-0.1, -0.05) is 48.5 Å². The SMILES string of the molecule is Cn1cc(C(=O)O)n2c3ccccc3c(C(=O)OCc3ccccc3)c12. The van der Waals surface area contributed by atoms with Crippen molar-refractivity contribution in [1.82, 2.24) is 8.97 Å². The molecule has 0 unspecified atom stereocenters. The number of rotatable bonds is 4. The van der Waals surface area contributed by atoms with E-state index in [0.717, 1.165) is 5.56 Å². The van der Waals surface area contributed by atoms with Crippen molar-refractivity contribution >= 4 is 28.5 Å². The molecule has 0 bridgehead atoms. The molecular weight excluding hydrogens is 332 g/mol. The van der Waals surface area contributed by atoms with Gasteiger partial charge in [-0.3, -0.25) is 4.40 Å². The second kappa shape index (κ2) is 6.07. The van der Waals surface area contributed by atoms with E-state index >= 15 is 0 Å². The molecule has 26 heavy (non-hydrogen) atoms. The Morgan fingerprint density at radius 3 is 2.46 bits per heavy atom. The van der Waals surface area contributed by atoms with Crippen molar-refractivity contribution in [3.05, 3.63) is 77.6 Å². The molecule has 0 aliphatic rings. The quantitative estimate of drug-likeness (QED) is 0.573. The van der Waals surface area contributed by atoms with E-state index in [4.69, 9.17) is 4.74 Å². The number of carboxylic acid groups (broad SMARTS) is 1. The van der Waals surface area contributed by atoms with Crippen LogP contribution in [0.25, 0.3) is 16.6 Å². The molecule has 0 saturated carbocycles. The van der Waals surface area contributed by atoms with Crippen LogP contribution in [0.15, 0.2) is 60.8 Å². The van der Waals surface area contributed by atoms with Crippen molar-refractivity contribution in [2.45, 2.75) is 6.61 Å². The Kier molecular flexibility index (Phi) is 3.73. The summed E-state index contributed by atoms with van der Waals surface area (Å²) in [6, 6.07) is 16.6. The molecule has 6 heteroatoms. The van der Waals surface area contributed by atoms with E-state index in [1.165, 1.54) is 6.20 Å². The Hall–Kier alpha value is -3.54. The van der Waals surface area contributed by atoms with E-state index in [-0.39, 0.29) is 12.3 Å². The number of carbonyl (C=O) groups excluding carboxylic acids is 1. The van der Waals surface area contributed by atoms with Crippen LogP contribution < -0.4 is 0 Å². The molecule has 4 aromatic rings. The maximum absolute atomic E-state index is 12.8. The number of carbonyl (C=O) groups is 2. The van der Waals surface area contributed by atoms with Gasteiger partial charge in [0.1, 0.15) is 23.5 Å². The summed E-state index contributed by atoms with van der Waals surface area (Å²) in [5.41, 5.74) is 2.51. The van der Waals surface area contributed by atoms with Crippen LogP contribution in [0.3, 0.4) is 0 Å². The minimum Gasteiger partial charge on any atom is -0.477 e. The van der Waals surface area contributed by atoms with E-state index in [1.54, 1.807) is 28.1 Å². The number of carboxylic acids is 1. The van der Waals surface area contributed by atoms with E-state index in [0.29, 0.717) is 22.1 Å². The van der Waals surface area contributed by atoms with Gasteiger partial charge in [0.15, 0.2) is 0 Å². The van der Waals surface area contributed by atoms with Crippen LogP contribution in [0.2, 0.25) is 0 Å². The second-order valence-corrected chi connectivity index (χ2v) is 6.04. The molecule has 0 aliphatic heterocycles. The number of aromatic nitrogens is 2. The lowest BCUT2D eigenvalue weighted by atomic mass is 10.1. The molecule has 0 fully saturated rings. The van der Waals surface area contributed by atoms with Crippen molar-refractivity contribution in [2.24, 2.45) is 7.05 Å². The average molecular weight is 348 g/mol. The topological polar surface area (TPSA) is 72.9 Å². The number of imidazole rings is 1. The molecule has 6 nitrogen and oxygen atoms in total. The fourth-order valence-corrected chi connectivity index (χ4v) is 3.25. The molecule has 130 valence electrons. The minimum absolute atomic E-state index is 0.0980. The monoisotopic (exact) mass is 348 g/mol. The van der Waals surface area contributed by atoms with Gasteiger partial charge >= 0.3 is 11.9 Å². The molecule has 0 aliphatic carbocycles. The van der Waals surface area contributed by atoms with E-state index in [9.17, 15) is 14.7 Å². The molecule has 0 amide bonds. The van der Waals surface area contributed by atoms with Crippen molar-refractivity contribution in [2.75, 3.05) is 0 Å². The number of nitrogens with zero attached hydrogens (tertiary/aromatic N) is 2. The number of ether oxygens (including phenoxy) is 1. The largest absolute Gasteiger partial charge is 0.477 e. The van der Waals surface area contributed by atoms with Gasteiger partial charge in [0.05, 0.1) is 5.52 Å². The summed E-state index contributed by atoms with van der Waals surface area (Å²) in [4.78, 5) is 24.5. The molecule has 0 spiro atoms. The third kappa shape index (κ3) is 2.43. The van der Waals surface area contributed by atoms with Crippen LogP contribution in [-0.4, -0.2) is 26.0 Å². The molecule has 4 rings (SSSR count). The van der Waals surface area contributed by atoms with E-state index < -0.39 is 11.9 Å². The second-order valence-electron chi connectivity index (χ2n) is 6.04. The van der Waals surface area contributed by atoms with Crippen LogP contribution in [0.1, 0.15) is 26.4 Å². The Morgan fingerprint density at radius 1 is 1.04 bits per heavy atom. The molecule has 0 radical (unpaired) electrons. The number of benzene rings is 2. The molecule has 2 heterocycles. The Labute approximate surface area is 148 Å². The van der Waals surface area contributed by atoms with Crippen LogP contribution in [0, 0.1) is 0 Å². The van der Waals surface area contributed by atoms with Crippen LogP contribution in [0.5, 0.6) is 0 Å². The Bertz CT molecular complexity index is 1140. The zero-order valence-electron chi connectivity index (χ0n) is 14.0. The van der Waals surface area contributed by atoms with Gasteiger partial charge in [-0.05, 0) is 11.6 Å². The zero-order valence-corrected chi connectivity index (χ0v) is 14.0. The van der Waals surface area contributed by atoms with E-state index in [2.05, 4.69) is 0 Å². The summed E-state index contributed by atoms with van der Waals surface area (Å²) >= 11 is 0. The van der Waals surface area contributed by atoms with Crippen LogP contribution in [-0.2, 0) is 18.4 Å². The van der Waals surface area contributed by atoms with Gasteiger partial charge in [0.25, 0.3) is 0 Å². The lowest BCUT2D eigenvalue weighted by molar-refractivity contribution is 0.0476. The van der Waals surface area contributed by atoms with E-state index in [1.807, 2.05) is 42.5 Å². The summed E-state index contributed by atoms with van der Waals surface area (Å²) < 4.78 is 8.72. The number of hydrogen-bond donors (Lipinski definition) is 1. The van der Waals surface area contributed by atoms with Gasteiger partial charge < -0.3 is 14.4 Å². The van der Waals surface area contributed by atoms with Gasteiger partial charge in [-0.2, -0.15) is 0 Å². The Balaban J connectivity index is 1.85. The maximum Gasteiger partial charge on any atom is 0.354 e. The molecule has 2 aromatic heterocycles. The molecule has 2 aromatic carbocycles. The van der Waals surface area contributed by atoms with Gasteiger partial charge in [0.2, 0.25) is 0 Å². The molecule has 0 atom stereocenters. The number of aryl methyl sites for hydroxylation is 1. The van der Waals surface area contributed by atoms with Crippen molar-refractivity contribution in [3.63, 3.8) is 0 Å². The van der Waals surface area contributed by atoms with Gasteiger partial charge in [-0.15, -0.1) is 0 Å². The first-order valence-corrected chi connectivity index (χ1v) is 8.10. The number of esters is 1. The summed E-state index contributed by atoms with van der Waals surface area (Å²) in [6.45, 7) is 0.154. The molecular formula is C20H16N2O4. The minimum atomic E-state index is -1.06. The average Bonchev–Trinajstić information content (AvgIpc) is 3.16. The predicted molar refractivity (Wildman–Crippen MR) is 96.4 cm³/mol. The molecule has 0 saturated heterocycles. The Morgan fingerprint density at radius 2 is 1.73 bits per heavy atom. The smallest absolute Gasteiger partial charge is 0.354 e. The summed E-state index contributed by atoms with van der Waals surface area (Å²) in [5, 5.41) is 10.2. The standard InChI is InChI=1S/C20H16N2O4/c1-21-11-16(19(23)24)22-15-10-6-5-9-14(15)17(18(21)22)20(25)26-12-13-7-3-2-4-8-13/h2-11H,12H2,1H3,(H,23,24). The highest BCUT2D eigenvalue weighted by Crippen LogP contribution is 2.29. The fraction of sp³-hybridized carbons (Fsp3) is 0.100. The predicted octanol–water partition coefficient (Wildman–Crippen LogP) is 3.49. The normalized spacial score (nSPS) is 11.1. The molecule has 1 N–H and O–H groups in total. The summed E-state index contributed by atoms with van der Waals surface area (Å²) in [5.74, 6) is -1.54. The highest BCUT2D eigenvalue weighted by Gasteiger charge is 2.25. The lowest BCUT2D eigenvalue weighted by Crippen LogP contribution is -2.06. The number of fused-ring (bicyclic) bond motifs is 3. The van der Waals surface area contributed by atoms with Crippen molar-refractivity contribution in [1.29, 1.82) is 0 Å². The van der Waals surface area contributed by atoms with Crippen LogP contribution in [0.4, 0.5) is 0 Å². The maximum atomic E-state index is 12.8. The first kappa shape index (κ1) is 16.0. The fourth-order valence-electron chi connectivity index (χ4n) is 3.25. The summed E-state index contributed by atoms with van der Waals surface area (Å²) in [6.07, 6.45) is 1.50. The zero-order chi connectivity index (χ0) is 18.3. The van der Waals surface area contributed by atoms with Crippen molar-refractivity contribution < 1.29 is 19.4 Å². The highest BCUT2D eigenvalue weighted by molar-refractivity contribution is 6.12.